The van der Waals surface area contributed by atoms with E-state index in [-0.39, 0.29) is 5.91 Å². The molecule has 0 bridgehead atoms. The summed E-state index contributed by atoms with van der Waals surface area (Å²) in [7, 11) is 0. The molecule has 0 heterocycles. The first-order valence-corrected chi connectivity index (χ1v) is 7.37. The summed E-state index contributed by atoms with van der Waals surface area (Å²) in [6.07, 6.45) is 4.28. The maximum absolute atomic E-state index is 12.4. The predicted octanol–water partition coefficient (Wildman–Crippen LogP) is 2.59. The fourth-order valence-electron chi connectivity index (χ4n) is 2.46. The van der Waals surface area contributed by atoms with Gasteiger partial charge in [0.05, 0.1) is 6.54 Å². The molecule has 1 N–H and O–H groups in total. The standard InChI is InChI=1S/C17H24N2O/c1-3-11-18-12-17(20)19(14(2)16-9-10-16)13-15-7-5-4-6-8-15/h3-8,14,16,18H,1,9-13H2,2H3. The van der Waals surface area contributed by atoms with Crippen LogP contribution in [0.25, 0.3) is 0 Å². The van der Waals surface area contributed by atoms with E-state index >= 15 is 0 Å². The summed E-state index contributed by atoms with van der Waals surface area (Å²) in [5.41, 5.74) is 1.19. The van der Waals surface area contributed by atoms with Crippen molar-refractivity contribution in [1.29, 1.82) is 0 Å². The van der Waals surface area contributed by atoms with Gasteiger partial charge in [-0.25, -0.2) is 0 Å². The molecule has 1 saturated carbocycles. The second kappa shape index (κ2) is 7.25. The molecule has 1 atom stereocenters. The minimum absolute atomic E-state index is 0.176. The van der Waals surface area contributed by atoms with E-state index in [1.165, 1.54) is 18.4 Å². The Morgan fingerprint density at radius 2 is 2.15 bits per heavy atom. The number of rotatable bonds is 8. The molecule has 1 aromatic rings. The quantitative estimate of drug-likeness (QED) is 0.583. The van der Waals surface area contributed by atoms with Crippen molar-refractivity contribution in [3.8, 4) is 0 Å². The summed E-state index contributed by atoms with van der Waals surface area (Å²) in [4.78, 5) is 14.4. The van der Waals surface area contributed by atoms with Crippen LogP contribution in [0.1, 0.15) is 25.3 Å². The highest BCUT2D eigenvalue weighted by atomic mass is 16.2. The molecule has 108 valence electrons. The molecule has 0 spiro atoms. The van der Waals surface area contributed by atoms with Crippen molar-refractivity contribution in [3.63, 3.8) is 0 Å². The van der Waals surface area contributed by atoms with Gasteiger partial charge in [0.2, 0.25) is 5.91 Å². The zero-order valence-electron chi connectivity index (χ0n) is 12.2. The normalized spacial score (nSPS) is 15.7. The van der Waals surface area contributed by atoms with Gasteiger partial charge >= 0.3 is 0 Å². The third kappa shape index (κ3) is 4.20. The highest BCUT2D eigenvalue weighted by Gasteiger charge is 2.33. The van der Waals surface area contributed by atoms with E-state index in [0.29, 0.717) is 31.6 Å². The van der Waals surface area contributed by atoms with Crippen molar-refractivity contribution in [2.45, 2.75) is 32.4 Å². The van der Waals surface area contributed by atoms with Crippen LogP contribution in [0.4, 0.5) is 0 Å². The van der Waals surface area contributed by atoms with Crippen LogP contribution in [0.2, 0.25) is 0 Å². The largest absolute Gasteiger partial charge is 0.334 e. The van der Waals surface area contributed by atoms with Gasteiger partial charge in [-0.2, -0.15) is 0 Å². The molecule has 1 amide bonds. The molecule has 0 radical (unpaired) electrons. The van der Waals surface area contributed by atoms with Gasteiger partial charge in [-0.15, -0.1) is 6.58 Å². The van der Waals surface area contributed by atoms with E-state index in [4.69, 9.17) is 0 Å². The molecule has 0 saturated heterocycles. The number of nitrogens with one attached hydrogen (secondary N) is 1. The smallest absolute Gasteiger partial charge is 0.237 e. The van der Waals surface area contributed by atoms with Crippen LogP contribution in [-0.4, -0.2) is 29.9 Å². The van der Waals surface area contributed by atoms with Crippen LogP contribution in [0.3, 0.4) is 0 Å². The van der Waals surface area contributed by atoms with Gasteiger partial charge in [-0.3, -0.25) is 4.79 Å². The molecule has 0 aliphatic heterocycles. The van der Waals surface area contributed by atoms with Gasteiger partial charge in [0.25, 0.3) is 0 Å². The summed E-state index contributed by atoms with van der Waals surface area (Å²) in [6.45, 7) is 7.58. The summed E-state index contributed by atoms with van der Waals surface area (Å²) in [5, 5.41) is 3.11. The maximum Gasteiger partial charge on any atom is 0.237 e. The first-order valence-electron chi connectivity index (χ1n) is 7.37. The molecule has 20 heavy (non-hydrogen) atoms. The van der Waals surface area contributed by atoms with Gasteiger partial charge in [0, 0.05) is 19.1 Å². The average molecular weight is 272 g/mol. The van der Waals surface area contributed by atoms with Crippen LogP contribution in [0, 0.1) is 5.92 Å². The van der Waals surface area contributed by atoms with Crippen molar-refractivity contribution in [2.24, 2.45) is 5.92 Å². The summed E-state index contributed by atoms with van der Waals surface area (Å²) >= 11 is 0. The lowest BCUT2D eigenvalue weighted by atomic mass is 10.1. The number of nitrogens with zero attached hydrogens (tertiary/aromatic N) is 1. The molecule has 1 aromatic carbocycles. The number of amides is 1. The van der Waals surface area contributed by atoms with Gasteiger partial charge in [-0.05, 0) is 31.2 Å². The Morgan fingerprint density at radius 1 is 1.45 bits per heavy atom. The molecule has 2 rings (SSSR count). The summed E-state index contributed by atoms with van der Waals surface area (Å²) in [5.74, 6) is 0.858. The number of benzene rings is 1. The van der Waals surface area contributed by atoms with Crippen molar-refractivity contribution in [3.05, 3.63) is 48.6 Å². The first-order chi connectivity index (χ1) is 9.72. The van der Waals surface area contributed by atoms with Crippen LogP contribution in [-0.2, 0) is 11.3 Å². The number of carbonyl (C=O) groups is 1. The fraction of sp³-hybridized carbons (Fsp3) is 0.471. The molecule has 1 fully saturated rings. The van der Waals surface area contributed by atoms with Crippen molar-refractivity contribution in [2.75, 3.05) is 13.1 Å². The van der Waals surface area contributed by atoms with E-state index in [0.717, 1.165) is 0 Å². The Morgan fingerprint density at radius 3 is 2.75 bits per heavy atom. The van der Waals surface area contributed by atoms with E-state index in [9.17, 15) is 4.79 Å². The second-order valence-corrected chi connectivity index (χ2v) is 5.50. The predicted molar refractivity (Wildman–Crippen MR) is 82.2 cm³/mol. The second-order valence-electron chi connectivity index (χ2n) is 5.50. The topological polar surface area (TPSA) is 32.3 Å². The third-order valence-electron chi connectivity index (χ3n) is 3.88. The minimum atomic E-state index is 0.176. The van der Waals surface area contributed by atoms with Gasteiger partial charge in [-0.1, -0.05) is 36.4 Å². The lowest BCUT2D eigenvalue weighted by Crippen LogP contribution is -2.43. The summed E-state index contributed by atoms with van der Waals surface area (Å²) in [6, 6.07) is 10.5. The highest BCUT2D eigenvalue weighted by molar-refractivity contribution is 5.78. The van der Waals surface area contributed by atoms with Crippen LogP contribution in [0.15, 0.2) is 43.0 Å². The Balaban J connectivity index is 1.99. The van der Waals surface area contributed by atoms with Crippen LogP contribution >= 0.6 is 0 Å². The minimum Gasteiger partial charge on any atom is -0.334 e. The monoisotopic (exact) mass is 272 g/mol. The van der Waals surface area contributed by atoms with E-state index in [1.807, 2.05) is 23.1 Å². The number of hydrogen-bond acceptors (Lipinski definition) is 2. The molecule has 1 aliphatic rings. The highest BCUT2D eigenvalue weighted by Crippen LogP contribution is 2.35. The Kier molecular flexibility index (Phi) is 5.36. The number of hydrogen-bond donors (Lipinski definition) is 1. The van der Waals surface area contributed by atoms with Gasteiger partial charge in [0.15, 0.2) is 0 Å². The summed E-state index contributed by atoms with van der Waals surface area (Å²) < 4.78 is 0. The molecule has 1 unspecified atom stereocenters. The molecule has 0 aromatic heterocycles. The van der Waals surface area contributed by atoms with Crippen molar-refractivity contribution >= 4 is 5.91 Å². The van der Waals surface area contributed by atoms with Crippen molar-refractivity contribution < 1.29 is 4.79 Å². The Bertz CT molecular complexity index is 440. The van der Waals surface area contributed by atoms with E-state index in [2.05, 4.69) is 31.0 Å². The Hall–Kier alpha value is -1.61. The van der Waals surface area contributed by atoms with E-state index in [1.54, 1.807) is 6.08 Å². The van der Waals surface area contributed by atoms with E-state index < -0.39 is 0 Å². The van der Waals surface area contributed by atoms with Gasteiger partial charge < -0.3 is 10.2 Å². The lowest BCUT2D eigenvalue weighted by molar-refractivity contribution is -0.133. The Labute approximate surface area is 121 Å². The maximum atomic E-state index is 12.4. The van der Waals surface area contributed by atoms with Gasteiger partial charge in [0.1, 0.15) is 0 Å². The number of carbonyl (C=O) groups excluding carboxylic acids is 1. The fourth-order valence-corrected chi connectivity index (χ4v) is 2.46. The van der Waals surface area contributed by atoms with Crippen LogP contribution < -0.4 is 5.32 Å². The third-order valence-corrected chi connectivity index (χ3v) is 3.88. The van der Waals surface area contributed by atoms with Crippen LogP contribution in [0.5, 0.6) is 0 Å². The molecule has 3 heteroatoms. The van der Waals surface area contributed by atoms with Crippen molar-refractivity contribution in [1.82, 2.24) is 10.2 Å². The molecular weight excluding hydrogens is 248 g/mol. The zero-order valence-corrected chi connectivity index (χ0v) is 12.2. The zero-order chi connectivity index (χ0) is 14.4. The SMILES string of the molecule is C=CCNCC(=O)N(Cc1ccccc1)C(C)C1CC1. The molecular formula is C17H24N2O. The molecule has 1 aliphatic carbocycles. The lowest BCUT2D eigenvalue weighted by Gasteiger charge is -2.30. The average Bonchev–Trinajstić information content (AvgIpc) is 3.30. The first kappa shape index (κ1) is 14.8. The molecule has 3 nitrogen and oxygen atoms in total.